The predicted molar refractivity (Wildman–Crippen MR) is 138 cm³/mol. The summed E-state index contributed by atoms with van der Waals surface area (Å²) in [5.41, 5.74) is 0.537. The lowest BCUT2D eigenvalue weighted by atomic mass is 10.1. The zero-order valence-electron chi connectivity index (χ0n) is 22.5. The van der Waals surface area contributed by atoms with Crippen LogP contribution in [-0.4, -0.2) is 50.3 Å². The first kappa shape index (κ1) is 33.1. The molecule has 0 aromatic heterocycles. The van der Waals surface area contributed by atoms with Crippen LogP contribution in [0.25, 0.3) is 0 Å². The van der Waals surface area contributed by atoms with Crippen molar-refractivity contribution in [3.63, 3.8) is 0 Å². The zero-order valence-corrected chi connectivity index (χ0v) is 22.5. The molecule has 0 heterocycles. The minimum absolute atomic E-state index is 0.120. The molecule has 0 atom stereocenters. The quantitative estimate of drug-likeness (QED) is 0.142. The first-order valence-electron chi connectivity index (χ1n) is 13.2. The maximum Gasteiger partial charge on any atom is 0.339 e. The van der Waals surface area contributed by atoms with Crippen molar-refractivity contribution in [2.24, 2.45) is 0 Å². The largest absolute Gasteiger partial charge is 0.466 e. The van der Waals surface area contributed by atoms with Crippen molar-refractivity contribution in [1.29, 1.82) is 0 Å². The first-order chi connectivity index (χ1) is 17.4. The molecule has 0 aliphatic rings. The van der Waals surface area contributed by atoms with Crippen LogP contribution in [0.15, 0.2) is 24.3 Å². The lowest BCUT2D eigenvalue weighted by Crippen LogP contribution is -2.14. The number of benzene rings is 1. The molecular weight excluding hydrogens is 464 g/mol. The van der Waals surface area contributed by atoms with Gasteiger partial charge in [0.2, 0.25) is 0 Å². The minimum atomic E-state index is -0.471. The minimum Gasteiger partial charge on any atom is -0.466 e. The summed E-state index contributed by atoms with van der Waals surface area (Å²) in [6, 6.07) is 6.59. The molecule has 0 radical (unpaired) electrons. The molecule has 0 unspecified atom stereocenters. The van der Waals surface area contributed by atoms with Crippen LogP contribution in [0.2, 0.25) is 0 Å². The third-order valence-corrected chi connectivity index (χ3v) is 4.88. The predicted octanol–water partition coefficient (Wildman–Crippen LogP) is 6.05. The Hall–Kier alpha value is -2.90. The molecule has 0 aliphatic heterocycles. The average Bonchev–Trinajstić information content (AvgIpc) is 2.88. The van der Waals surface area contributed by atoms with E-state index in [1.807, 2.05) is 27.7 Å². The number of ether oxygens (including phenoxy) is 4. The van der Waals surface area contributed by atoms with Crippen molar-refractivity contribution >= 4 is 23.9 Å². The van der Waals surface area contributed by atoms with Gasteiger partial charge in [-0.2, -0.15) is 0 Å². The molecule has 0 N–H and O–H groups in total. The summed E-state index contributed by atoms with van der Waals surface area (Å²) < 4.78 is 20.1. The maximum absolute atomic E-state index is 11.9. The number of hydrogen-bond donors (Lipinski definition) is 0. The number of unbranched alkanes of at least 4 members (excludes halogenated alkanes) is 4. The number of esters is 4. The maximum atomic E-state index is 11.9. The van der Waals surface area contributed by atoms with Gasteiger partial charge in [0.15, 0.2) is 0 Å². The Morgan fingerprint density at radius 3 is 1.14 bits per heavy atom. The fourth-order valence-electron chi connectivity index (χ4n) is 2.62. The normalized spacial score (nSPS) is 10.0. The van der Waals surface area contributed by atoms with Crippen LogP contribution in [0.1, 0.15) is 113 Å². The van der Waals surface area contributed by atoms with Crippen LogP contribution in [-0.2, 0) is 28.5 Å². The Morgan fingerprint density at radius 1 is 0.528 bits per heavy atom. The van der Waals surface area contributed by atoms with Crippen molar-refractivity contribution in [2.45, 2.75) is 91.9 Å². The van der Waals surface area contributed by atoms with Crippen molar-refractivity contribution in [3.8, 4) is 0 Å². The van der Waals surface area contributed by atoms with Crippen LogP contribution < -0.4 is 0 Å². The second-order valence-corrected chi connectivity index (χ2v) is 8.17. The Morgan fingerprint density at radius 2 is 0.833 bits per heavy atom. The van der Waals surface area contributed by atoms with Crippen molar-refractivity contribution in [3.05, 3.63) is 35.4 Å². The SMILES string of the molecule is CCCCOC(=O)CCC(=O)OCCCC.CCCCOC(=O)c1ccccc1C(=O)OCCCC. The van der Waals surface area contributed by atoms with Gasteiger partial charge in [-0.05, 0) is 37.8 Å². The number of carbonyl (C=O) groups is 4. The summed E-state index contributed by atoms with van der Waals surface area (Å²) in [4.78, 5) is 46.1. The van der Waals surface area contributed by atoms with E-state index in [2.05, 4.69) is 0 Å². The molecule has 0 fully saturated rings. The fraction of sp³-hybridized carbons (Fsp3) is 0.643. The second kappa shape index (κ2) is 22.6. The van der Waals surface area contributed by atoms with Crippen LogP contribution in [0.5, 0.6) is 0 Å². The lowest BCUT2D eigenvalue weighted by Gasteiger charge is -2.09. The highest BCUT2D eigenvalue weighted by Gasteiger charge is 2.18. The van der Waals surface area contributed by atoms with E-state index in [4.69, 9.17) is 18.9 Å². The second-order valence-electron chi connectivity index (χ2n) is 8.17. The monoisotopic (exact) mass is 508 g/mol. The van der Waals surface area contributed by atoms with Crippen LogP contribution in [0, 0.1) is 0 Å². The van der Waals surface area contributed by atoms with Gasteiger partial charge in [-0.25, -0.2) is 9.59 Å². The Labute approximate surface area is 216 Å². The molecule has 0 bridgehead atoms. The summed E-state index contributed by atoms with van der Waals surface area (Å²) in [6.45, 7) is 9.72. The lowest BCUT2D eigenvalue weighted by molar-refractivity contribution is -0.150. The van der Waals surface area contributed by atoms with E-state index in [1.165, 1.54) is 0 Å². The first-order valence-corrected chi connectivity index (χ1v) is 13.2. The average molecular weight is 509 g/mol. The van der Waals surface area contributed by atoms with Crippen molar-refractivity contribution in [2.75, 3.05) is 26.4 Å². The Kier molecular flexibility index (Phi) is 20.7. The van der Waals surface area contributed by atoms with Gasteiger partial charge < -0.3 is 18.9 Å². The van der Waals surface area contributed by atoms with E-state index in [0.717, 1.165) is 51.4 Å². The Balaban J connectivity index is 0.000000700. The summed E-state index contributed by atoms with van der Waals surface area (Å²) >= 11 is 0. The highest BCUT2D eigenvalue weighted by Crippen LogP contribution is 2.12. The third kappa shape index (κ3) is 16.7. The molecule has 8 heteroatoms. The molecular formula is C28H44O8. The molecule has 0 aliphatic carbocycles. The zero-order chi connectivity index (χ0) is 27.0. The standard InChI is InChI=1S/C16H22O4.C12H22O4/c1-3-5-11-19-15(17)13-9-7-8-10-14(13)16(18)20-12-6-4-2;1-3-5-9-15-11(13)7-8-12(14)16-10-6-4-2/h7-10H,3-6,11-12H2,1-2H3;3-10H2,1-2H3. The van der Waals surface area contributed by atoms with Gasteiger partial charge in [-0.3, -0.25) is 9.59 Å². The topological polar surface area (TPSA) is 105 Å². The molecule has 0 spiro atoms. The summed E-state index contributed by atoms with van der Waals surface area (Å²) in [7, 11) is 0. The molecule has 204 valence electrons. The van der Waals surface area contributed by atoms with E-state index >= 15 is 0 Å². The smallest absolute Gasteiger partial charge is 0.339 e. The molecule has 36 heavy (non-hydrogen) atoms. The van der Waals surface area contributed by atoms with Gasteiger partial charge in [0.1, 0.15) is 0 Å². The fourth-order valence-corrected chi connectivity index (χ4v) is 2.62. The number of hydrogen-bond acceptors (Lipinski definition) is 8. The van der Waals surface area contributed by atoms with Crippen molar-refractivity contribution in [1.82, 2.24) is 0 Å². The van der Waals surface area contributed by atoms with Gasteiger partial charge in [-0.1, -0.05) is 65.5 Å². The van der Waals surface area contributed by atoms with E-state index in [9.17, 15) is 19.2 Å². The van der Waals surface area contributed by atoms with Gasteiger partial charge >= 0.3 is 23.9 Å². The van der Waals surface area contributed by atoms with Crippen molar-refractivity contribution < 1.29 is 38.1 Å². The molecule has 0 saturated carbocycles. The molecule has 0 amide bonds. The van der Waals surface area contributed by atoms with E-state index < -0.39 is 11.9 Å². The third-order valence-electron chi connectivity index (χ3n) is 4.88. The van der Waals surface area contributed by atoms with E-state index in [-0.39, 0.29) is 35.9 Å². The number of carbonyl (C=O) groups excluding carboxylic acids is 4. The van der Waals surface area contributed by atoms with Crippen LogP contribution >= 0.6 is 0 Å². The molecule has 8 nitrogen and oxygen atoms in total. The molecule has 0 saturated heterocycles. The molecule has 1 aromatic carbocycles. The van der Waals surface area contributed by atoms with Gasteiger partial charge in [0.05, 0.1) is 50.4 Å². The highest BCUT2D eigenvalue weighted by molar-refractivity contribution is 6.03. The van der Waals surface area contributed by atoms with E-state index in [0.29, 0.717) is 26.4 Å². The summed E-state index contributed by atoms with van der Waals surface area (Å²) in [5.74, 6) is -1.58. The Bertz CT molecular complexity index is 697. The van der Waals surface area contributed by atoms with Crippen LogP contribution in [0.3, 0.4) is 0 Å². The molecule has 1 rings (SSSR count). The van der Waals surface area contributed by atoms with Gasteiger partial charge in [-0.15, -0.1) is 0 Å². The summed E-state index contributed by atoms with van der Waals surface area (Å²) in [5, 5.41) is 0. The van der Waals surface area contributed by atoms with Gasteiger partial charge in [0, 0.05) is 0 Å². The summed E-state index contributed by atoms with van der Waals surface area (Å²) in [6.07, 6.45) is 7.49. The van der Waals surface area contributed by atoms with E-state index in [1.54, 1.807) is 24.3 Å². The van der Waals surface area contributed by atoms with Crippen LogP contribution in [0.4, 0.5) is 0 Å². The highest BCUT2D eigenvalue weighted by atomic mass is 16.5. The number of rotatable bonds is 17. The molecule has 1 aromatic rings. The van der Waals surface area contributed by atoms with Gasteiger partial charge in [0.25, 0.3) is 0 Å².